The highest BCUT2D eigenvalue weighted by atomic mass is 127. The second kappa shape index (κ2) is 13.3. The molecule has 1 aromatic rings. The van der Waals surface area contributed by atoms with Crippen LogP contribution in [0.3, 0.4) is 0 Å². The summed E-state index contributed by atoms with van der Waals surface area (Å²) in [6.07, 6.45) is 0.845. The van der Waals surface area contributed by atoms with Crippen LogP contribution in [0.1, 0.15) is 19.4 Å². The van der Waals surface area contributed by atoms with Gasteiger partial charge in [0.15, 0.2) is 5.96 Å². The van der Waals surface area contributed by atoms with Crippen molar-refractivity contribution in [3.8, 4) is 0 Å². The molecule has 2 N–H and O–H groups in total. The molecule has 0 saturated carbocycles. The summed E-state index contributed by atoms with van der Waals surface area (Å²) in [7, 11) is 1.79. The predicted octanol–water partition coefficient (Wildman–Crippen LogP) is 2.42. The van der Waals surface area contributed by atoms with Crippen LogP contribution in [0, 0.1) is 11.7 Å². The van der Waals surface area contributed by atoms with Crippen molar-refractivity contribution < 1.29 is 4.39 Å². The van der Waals surface area contributed by atoms with Crippen LogP contribution in [0.4, 0.5) is 4.39 Å². The highest BCUT2D eigenvalue weighted by molar-refractivity contribution is 14.0. The number of halogens is 2. The van der Waals surface area contributed by atoms with E-state index in [-0.39, 0.29) is 29.8 Å². The van der Waals surface area contributed by atoms with E-state index in [0.717, 1.165) is 44.1 Å². The number of nitrogens with one attached hydrogen (secondary N) is 2. The Morgan fingerprint density at radius 3 is 2.33 bits per heavy atom. The molecule has 154 valence electrons. The van der Waals surface area contributed by atoms with E-state index >= 15 is 0 Å². The smallest absolute Gasteiger partial charge is 0.190 e. The van der Waals surface area contributed by atoms with E-state index < -0.39 is 0 Å². The van der Waals surface area contributed by atoms with Gasteiger partial charge in [-0.25, -0.2) is 4.39 Å². The highest BCUT2D eigenvalue weighted by Gasteiger charge is 2.17. The first kappa shape index (κ1) is 24.1. The van der Waals surface area contributed by atoms with E-state index in [4.69, 9.17) is 0 Å². The average Bonchev–Trinajstić information content (AvgIpc) is 2.66. The molecule has 1 unspecified atom stereocenters. The molecule has 1 saturated heterocycles. The largest absolute Gasteiger partial charge is 0.356 e. The van der Waals surface area contributed by atoms with Crippen molar-refractivity contribution in [1.29, 1.82) is 0 Å². The van der Waals surface area contributed by atoms with E-state index in [9.17, 15) is 4.39 Å². The van der Waals surface area contributed by atoms with Gasteiger partial charge < -0.3 is 20.4 Å². The third kappa shape index (κ3) is 9.21. The summed E-state index contributed by atoms with van der Waals surface area (Å²) in [6, 6.07) is 6.66. The van der Waals surface area contributed by atoms with E-state index in [0.29, 0.717) is 5.92 Å². The summed E-state index contributed by atoms with van der Waals surface area (Å²) in [5.74, 6) is 1.21. The minimum absolute atomic E-state index is 0. The lowest BCUT2D eigenvalue weighted by molar-refractivity contribution is 0.124. The molecule has 7 heteroatoms. The molecular formula is C20H35FIN5. The molecule has 0 aliphatic carbocycles. The topological polar surface area (TPSA) is 42.9 Å². The highest BCUT2D eigenvalue weighted by Crippen LogP contribution is 2.05. The molecule has 1 atom stereocenters. The first-order chi connectivity index (χ1) is 12.6. The predicted molar refractivity (Wildman–Crippen MR) is 123 cm³/mol. The Morgan fingerprint density at radius 2 is 1.74 bits per heavy atom. The van der Waals surface area contributed by atoms with Crippen molar-refractivity contribution in [2.75, 3.05) is 59.4 Å². The van der Waals surface area contributed by atoms with Crippen molar-refractivity contribution in [3.05, 3.63) is 35.6 Å². The van der Waals surface area contributed by atoms with Crippen LogP contribution in [-0.2, 0) is 6.42 Å². The van der Waals surface area contributed by atoms with Crippen molar-refractivity contribution in [1.82, 2.24) is 20.4 Å². The lowest BCUT2D eigenvalue weighted by atomic mass is 10.1. The fourth-order valence-electron chi connectivity index (χ4n) is 3.26. The number of hydrogen-bond donors (Lipinski definition) is 2. The number of guanidine groups is 1. The number of aliphatic imine (C=N–C) groups is 1. The van der Waals surface area contributed by atoms with Crippen LogP contribution in [0.5, 0.6) is 0 Å². The van der Waals surface area contributed by atoms with E-state index in [2.05, 4.69) is 39.3 Å². The minimum atomic E-state index is -0.190. The Kier molecular flexibility index (Phi) is 11.9. The molecule has 0 radical (unpaired) electrons. The van der Waals surface area contributed by atoms with Crippen molar-refractivity contribution in [2.24, 2.45) is 10.9 Å². The lowest BCUT2D eigenvalue weighted by Crippen LogP contribution is -2.48. The van der Waals surface area contributed by atoms with Crippen molar-refractivity contribution >= 4 is 29.9 Å². The number of benzene rings is 1. The fourth-order valence-corrected chi connectivity index (χ4v) is 3.26. The SMILES string of the molecule is CCN1CCN(CC(C)CNC(=NC)NCCc2ccc(F)cc2)CC1.I. The van der Waals surface area contributed by atoms with Gasteiger partial charge in [-0.2, -0.15) is 0 Å². The average molecular weight is 491 g/mol. The van der Waals surface area contributed by atoms with Gasteiger partial charge in [-0.15, -0.1) is 24.0 Å². The standard InChI is InChI=1S/C20H34FN5.HI/c1-4-25-11-13-26(14-12-25)16-17(2)15-24-20(22-3)23-10-9-18-5-7-19(21)8-6-18;/h5-8,17H,4,9-16H2,1-3H3,(H2,22,23,24);1H. The van der Waals surface area contributed by atoms with Crippen LogP contribution >= 0.6 is 24.0 Å². The Morgan fingerprint density at radius 1 is 1.11 bits per heavy atom. The molecule has 1 aliphatic rings. The number of likely N-dealkylation sites (N-methyl/N-ethyl adjacent to an activating group) is 1. The number of nitrogens with zero attached hydrogens (tertiary/aromatic N) is 3. The molecule has 1 fully saturated rings. The van der Waals surface area contributed by atoms with Gasteiger partial charge in [0.25, 0.3) is 0 Å². The van der Waals surface area contributed by atoms with Crippen LogP contribution in [-0.4, -0.2) is 75.2 Å². The molecule has 27 heavy (non-hydrogen) atoms. The second-order valence-corrected chi connectivity index (χ2v) is 7.10. The summed E-state index contributed by atoms with van der Waals surface area (Å²) >= 11 is 0. The van der Waals surface area contributed by atoms with Gasteiger partial charge in [0.1, 0.15) is 5.82 Å². The van der Waals surface area contributed by atoms with Gasteiger partial charge in [0.05, 0.1) is 0 Å². The molecule has 2 rings (SSSR count). The zero-order valence-electron chi connectivity index (χ0n) is 16.9. The summed E-state index contributed by atoms with van der Waals surface area (Å²) in [6.45, 7) is 13.2. The van der Waals surface area contributed by atoms with Gasteiger partial charge in [0.2, 0.25) is 0 Å². The maximum atomic E-state index is 12.9. The Hall–Kier alpha value is -0.930. The molecular weight excluding hydrogens is 456 g/mol. The maximum absolute atomic E-state index is 12.9. The first-order valence-electron chi connectivity index (χ1n) is 9.74. The van der Waals surface area contributed by atoms with Crippen LogP contribution in [0.25, 0.3) is 0 Å². The molecule has 0 bridgehead atoms. The first-order valence-corrected chi connectivity index (χ1v) is 9.74. The van der Waals surface area contributed by atoms with E-state index in [1.165, 1.54) is 38.3 Å². The van der Waals surface area contributed by atoms with Crippen LogP contribution < -0.4 is 10.6 Å². The van der Waals surface area contributed by atoms with Gasteiger partial charge in [0, 0.05) is 52.9 Å². The Balaban J connectivity index is 0.00000364. The van der Waals surface area contributed by atoms with Gasteiger partial charge >= 0.3 is 0 Å². The summed E-state index contributed by atoms with van der Waals surface area (Å²) in [5.41, 5.74) is 1.12. The second-order valence-electron chi connectivity index (χ2n) is 7.10. The van der Waals surface area contributed by atoms with Crippen LogP contribution in [0.2, 0.25) is 0 Å². The van der Waals surface area contributed by atoms with Gasteiger partial charge in [-0.3, -0.25) is 4.99 Å². The van der Waals surface area contributed by atoms with Crippen LogP contribution in [0.15, 0.2) is 29.3 Å². The zero-order chi connectivity index (χ0) is 18.8. The molecule has 1 aromatic carbocycles. The summed E-state index contributed by atoms with van der Waals surface area (Å²) < 4.78 is 12.9. The van der Waals surface area contributed by atoms with Gasteiger partial charge in [-0.1, -0.05) is 26.0 Å². The number of rotatable bonds is 8. The number of hydrogen-bond acceptors (Lipinski definition) is 3. The normalized spacial score (nSPS) is 17.3. The molecule has 0 spiro atoms. The summed E-state index contributed by atoms with van der Waals surface area (Å²) in [4.78, 5) is 9.35. The molecule has 0 amide bonds. The quantitative estimate of drug-likeness (QED) is 0.333. The van der Waals surface area contributed by atoms with Crippen molar-refractivity contribution in [3.63, 3.8) is 0 Å². The number of piperazine rings is 1. The third-order valence-corrected chi connectivity index (χ3v) is 4.94. The van der Waals surface area contributed by atoms with E-state index in [1.54, 1.807) is 7.05 Å². The van der Waals surface area contributed by atoms with Crippen molar-refractivity contribution in [2.45, 2.75) is 20.3 Å². The van der Waals surface area contributed by atoms with E-state index in [1.807, 2.05) is 12.1 Å². The molecule has 1 heterocycles. The molecule has 0 aromatic heterocycles. The summed E-state index contributed by atoms with van der Waals surface area (Å²) in [5, 5.41) is 6.75. The molecule has 5 nitrogen and oxygen atoms in total. The monoisotopic (exact) mass is 491 g/mol. The van der Waals surface area contributed by atoms with Gasteiger partial charge in [-0.05, 0) is 36.6 Å². The maximum Gasteiger partial charge on any atom is 0.190 e. The minimum Gasteiger partial charge on any atom is -0.356 e. The third-order valence-electron chi connectivity index (χ3n) is 4.94. The molecule has 1 aliphatic heterocycles. The zero-order valence-corrected chi connectivity index (χ0v) is 19.2. The Bertz CT molecular complexity index is 544. The lowest BCUT2D eigenvalue weighted by Gasteiger charge is -2.35. The fraction of sp³-hybridized carbons (Fsp3) is 0.650. The Labute approximate surface area is 180 Å².